The molecule has 2 N–H and O–H groups in total. The van der Waals surface area contributed by atoms with Crippen molar-refractivity contribution in [2.45, 2.75) is 88.5 Å². The van der Waals surface area contributed by atoms with Gasteiger partial charge in [-0.3, -0.25) is 5.32 Å². The van der Waals surface area contributed by atoms with Crippen molar-refractivity contribution in [3.63, 3.8) is 0 Å². The molecule has 0 atom stereocenters. The molecule has 1 amide bonds. The quantitative estimate of drug-likeness (QED) is 0.133. The van der Waals surface area contributed by atoms with Gasteiger partial charge in [-0.2, -0.15) is 4.39 Å². The molecule has 1 aliphatic heterocycles. The van der Waals surface area contributed by atoms with Crippen molar-refractivity contribution >= 4 is 50.7 Å². The van der Waals surface area contributed by atoms with Crippen LogP contribution in [0.4, 0.5) is 26.2 Å². The Morgan fingerprint density at radius 3 is 2.25 bits per heavy atom. The van der Waals surface area contributed by atoms with Crippen LogP contribution in [0, 0.1) is 5.41 Å². The van der Waals surface area contributed by atoms with Crippen LogP contribution in [0.25, 0.3) is 0 Å². The Kier molecular flexibility index (Phi) is 11.8. The van der Waals surface area contributed by atoms with E-state index in [-0.39, 0.29) is 16.4 Å². The predicted molar refractivity (Wildman–Crippen MR) is 173 cm³/mol. The van der Waals surface area contributed by atoms with Crippen molar-refractivity contribution in [2.24, 2.45) is 5.41 Å². The van der Waals surface area contributed by atoms with Crippen LogP contribution in [0.2, 0.25) is 0 Å². The van der Waals surface area contributed by atoms with Gasteiger partial charge in [0, 0.05) is 29.4 Å². The average molecular weight is 651 g/mol. The van der Waals surface area contributed by atoms with Crippen LogP contribution in [-0.2, 0) is 19.4 Å². The van der Waals surface area contributed by atoms with Gasteiger partial charge in [0.2, 0.25) is 5.83 Å². The van der Waals surface area contributed by atoms with Crippen LogP contribution in [0.15, 0.2) is 58.3 Å². The van der Waals surface area contributed by atoms with E-state index in [0.29, 0.717) is 29.1 Å². The number of aliphatic carboxylic acids is 1. The molecule has 242 valence electrons. The number of sulfone groups is 1. The number of hydrogen-bond donors (Lipinski definition) is 2. The Morgan fingerprint density at radius 1 is 1.11 bits per heavy atom. The molecule has 44 heavy (non-hydrogen) atoms. The fourth-order valence-electron chi connectivity index (χ4n) is 5.26. The molecule has 0 saturated heterocycles. The second-order valence-corrected chi connectivity index (χ2v) is 14.9. The number of carbonyl (C=O) groups is 2. The first kappa shape index (κ1) is 35.2. The van der Waals surface area contributed by atoms with E-state index in [1.165, 1.54) is 17.8 Å². The number of carboxylic acid groups (broad SMARTS) is 1. The number of halogens is 1. The monoisotopic (exact) mass is 650 g/mol. The van der Waals surface area contributed by atoms with Gasteiger partial charge in [-0.25, -0.2) is 18.0 Å². The van der Waals surface area contributed by atoms with Crippen molar-refractivity contribution < 1.29 is 37.0 Å². The van der Waals surface area contributed by atoms with Gasteiger partial charge >= 0.3 is 12.1 Å². The number of rotatable bonds is 12. The van der Waals surface area contributed by atoms with Crippen LogP contribution in [0.5, 0.6) is 5.75 Å². The third-order valence-electron chi connectivity index (χ3n) is 7.30. The van der Waals surface area contributed by atoms with Crippen molar-refractivity contribution in [1.29, 1.82) is 0 Å². The molecule has 0 spiro atoms. The lowest BCUT2D eigenvalue weighted by Crippen LogP contribution is -2.38. The molecule has 0 saturated carbocycles. The summed E-state index contributed by atoms with van der Waals surface area (Å²) in [7, 11) is -3.87. The number of anilines is 3. The fraction of sp³-hybridized carbons (Fsp3) is 0.500. The average Bonchev–Trinajstić information content (AvgIpc) is 3.04. The van der Waals surface area contributed by atoms with Crippen molar-refractivity contribution in [3.8, 4) is 5.75 Å². The van der Waals surface area contributed by atoms with E-state index in [4.69, 9.17) is 14.6 Å². The summed E-state index contributed by atoms with van der Waals surface area (Å²) in [5.41, 5.74) is 0.501. The van der Waals surface area contributed by atoms with Gasteiger partial charge in [-0.05, 0) is 70.2 Å². The highest BCUT2D eigenvalue weighted by molar-refractivity contribution is 7.98. The number of unbranched alkanes of at least 4 members (excludes halogenated alkanes) is 2. The molecule has 1 aliphatic rings. The number of hydrogen-bond acceptors (Lipinski definition) is 8. The number of amides is 1. The second kappa shape index (κ2) is 14.7. The summed E-state index contributed by atoms with van der Waals surface area (Å²) in [6.45, 7) is 9.95. The summed E-state index contributed by atoms with van der Waals surface area (Å²) in [6.07, 6.45) is 6.66. The van der Waals surface area contributed by atoms with Gasteiger partial charge in [0.15, 0.2) is 9.84 Å². The van der Waals surface area contributed by atoms with E-state index < -0.39 is 38.7 Å². The maximum atomic E-state index is 14.2. The summed E-state index contributed by atoms with van der Waals surface area (Å²) in [6, 6.07) is 10.2. The zero-order valence-corrected chi connectivity index (χ0v) is 27.9. The summed E-state index contributed by atoms with van der Waals surface area (Å²) in [5, 5.41) is 11.6. The maximum Gasteiger partial charge on any atom is 0.412 e. The van der Waals surface area contributed by atoms with Crippen LogP contribution in [0.1, 0.15) is 73.1 Å². The summed E-state index contributed by atoms with van der Waals surface area (Å²) in [5.74, 6) is -3.32. The number of thioether (sulfide) groups is 1. The lowest BCUT2D eigenvalue weighted by Gasteiger charge is -2.37. The molecule has 0 radical (unpaired) electrons. The van der Waals surface area contributed by atoms with Crippen molar-refractivity contribution in [2.75, 3.05) is 28.8 Å². The molecule has 0 aromatic heterocycles. The lowest BCUT2D eigenvalue weighted by molar-refractivity contribution is -0.134. The molecule has 2 aromatic rings. The van der Waals surface area contributed by atoms with E-state index in [1.54, 1.807) is 45.2 Å². The largest absolute Gasteiger partial charge is 0.476 e. The molecule has 0 bridgehead atoms. The molecule has 12 heteroatoms. The molecular formula is C32H43FN2O7S2. The van der Waals surface area contributed by atoms with E-state index in [9.17, 15) is 22.4 Å². The zero-order chi connectivity index (χ0) is 32.7. The number of fused-ring (bicyclic) bond motifs is 1. The Morgan fingerprint density at radius 2 is 1.73 bits per heavy atom. The Bertz CT molecular complexity index is 1460. The molecular weight excluding hydrogens is 607 g/mol. The summed E-state index contributed by atoms with van der Waals surface area (Å²) in [4.78, 5) is 25.9. The normalized spacial score (nSPS) is 16.1. The Hall–Kier alpha value is -3.25. The highest BCUT2D eigenvalue weighted by atomic mass is 32.2. The summed E-state index contributed by atoms with van der Waals surface area (Å²) < 4.78 is 52.9. The molecule has 1 heterocycles. The number of carbonyl (C=O) groups excluding carboxylic acids is 1. The minimum absolute atomic E-state index is 0.0280. The van der Waals surface area contributed by atoms with Gasteiger partial charge in [0.1, 0.15) is 17.6 Å². The van der Waals surface area contributed by atoms with E-state index in [0.717, 1.165) is 44.2 Å². The van der Waals surface area contributed by atoms with Gasteiger partial charge in [-0.1, -0.05) is 39.5 Å². The number of nitrogens with one attached hydrogen (secondary N) is 1. The lowest BCUT2D eigenvalue weighted by atomic mass is 9.79. The SMILES string of the molecule is CCCCC1(CCCC)CN(c2ccc(NC(=O)OC(C)(C)C)cc2)c2cc(SC)c(OC=C(F)C(=O)O)cc2S(=O)(=O)C1. The van der Waals surface area contributed by atoms with E-state index in [1.807, 2.05) is 17.0 Å². The number of nitrogens with zero attached hydrogens (tertiary/aromatic N) is 1. The minimum atomic E-state index is -3.87. The van der Waals surface area contributed by atoms with E-state index >= 15 is 0 Å². The third-order valence-corrected chi connectivity index (χ3v) is 10.0. The fourth-order valence-corrected chi connectivity index (χ4v) is 7.92. The minimum Gasteiger partial charge on any atom is -0.476 e. The standard InChI is InChI=1S/C32H43FN2O7S2/c1-7-9-15-32(16-10-8-2)20-35(23-13-11-22(12-14-23)34-30(38)42-31(3,4)5)25-17-27(43-6)26(41-19-24(33)29(36)37)18-28(25)44(39,40)21-32/h11-14,17-19H,7-10,15-16,20-21H2,1-6H3,(H,34,38)(H,36,37). The van der Waals surface area contributed by atoms with Gasteiger partial charge in [0.25, 0.3) is 0 Å². The smallest absolute Gasteiger partial charge is 0.412 e. The first-order chi connectivity index (χ1) is 20.6. The first-order valence-electron chi connectivity index (χ1n) is 14.7. The zero-order valence-electron chi connectivity index (χ0n) is 26.2. The number of carboxylic acids is 1. The molecule has 2 aromatic carbocycles. The Balaban J connectivity index is 2.18. The van der Waals surface area contributed by atoms with Crippen LogP contribution in [-0.4, -0.2) is 49.7 Å². The third kappa shape index (κ3) is 9.13. The molecule has 9 nitrogen and oxygen atoms in total. The van der Waals surface area contributed by atoms with Crippen LogP contribution in [0.3, 0.4) is 0 Å². The maximum absolute atomic E-state index is 14.2. The van der Waals surface area contributed by atoms with Crippen LogP contribution >= 0.6 is 11.8 Å². The number of benzene rings is 2. The topological polar surface area (TPSA) is 122 Å². The van der Waals surface area contributed by atoms with Crippen molar-refractivity contribution in [1.82, 2.24) is 0 Å². The number of ether oxygens (including phenoxy) is 2. The van der Waals surface area contributed by atoms with Gasteiger partial charge in [-0.15, -0.1) is 11.8 Å². The molecule has 0 fully saturated rings. The second-order valence-electron chi connectivity index (χ2n) is 12.1. The first-order valence-corrected chi connectivity index (χ1v) is 17.6. The highest BCUT2D eigenvalue weighted by Crippen LogP contribution is 2.48. The molecule has 3 rings (SSSR count). The molecule has 0 unspecified atom stereocenters. The highest BCUT2D eigenvalue weighted by Gasteiger charge is 2.42. The van der Waals surface area contributed by atoms with Crippen LogP contribution < -0.4 is 15.0 Å². The summed E-state index contributed by atoms with van der Waals surface area (Å²) >= 11 is 1.27. The van der Waals surface area contributed by atoms with E-state index in [2.05, 4.69) is 19.2 Å². The van der Waals surface area contributed by atoms with Crippen molar-refractivity contribution in [3.05, 3.63) is 48.5 Å². The molecule has 0 aliphatic carbocycles. The predicted octanol–water partition coefficient (Wildman–Crippen LogP) is 8.32. The van der Waals surface area contributed by atoms with Gasteiger partial charge < -0.3 is 19.5 Å². The van der Waals surface area contributed by atoms with Gasteiger partial charge in [0.05, 0.1) is 21.2 Å². The Labute approximate surface area is 264 Å².